The highest BCUT2D eigenvalue weighted by atomic mass is 35.5. The molecule has 10 heteroatoms. The minimum atomic E-state index is -0.174. The van der Waals surface area contributed by atoms with Crippen molar-refractivity contribution in [2.24, 2.45) is 0 Å². The Bertz CT molecular complexity index is 1450. The summed E-state index contributed by atoms with van der Waals surface area (Å²) in [5, 5.41) is 4.47. The van der Waals surface area contributed by atoms with Gasteiger partial charge in [-0.15, -0.1) is 0 Å². The Balaban J connectivity index is 1.60. The second kappa shape index (κ2) is 12.0. The van der Waals surface area contributed by atoms with Gasteiger partial charge < -0.3 is 19.5 Å². The lowest BCUT2D eigenvalue weighted by Gasteiger charge is -2.16. The Morgan fingerprint density at radius 1 is 1.00 bits per heavy atom. The molecule has 0 unspecified atom stereocenters. The molecule has 8 nitrogen and oxygen atoms in total. The Kier molecular flexibility index (Phi) is 8.58. The first kappa shape index (κ1) is 26.4. The number of halogens is 1. The molecule has 4 aromatic rings. The first-order chi connectivity index (χ1) is 17.9. The number of thioether (sulfide) groups is 1. The Labute approximate surface area is 223 Å². The fourth-order valence-electron chi connectivity index (χ4n) is 3.80. The molecule has 0 saturated carbocycles. The summed E-state index contributed by atoms with van der Waals surface area (Å²) in [4.78, 5) is 30.7. The number of benzene rings is 3. The number of aromatic nitrogens is 2. The summed E-state index contributed by atoms with van der Waals surface area (Å²) in [5.74, 6) is 1.74. The van der Waals surface area contributed by atoms with E-state index in [0.29, 0.717) is 49.8 Å². The van der Waals surface area contributed by atoms with Crippen molar-refractivity contribution in [1.29, 1.82) is 0 Å². The van der Waals surface area contributed by atoms with Crippen LogP contribution in [0.3, 0.4) is 0 Å². The van der Waals surface area contributed by atoms with Crippen LogP contribution in [0.4, 0.5) is 5.69 Å². The van der Waals surface area contributed by atoms with Crippen LogP contribution in [0.25, 0.3) is 10.9 Å². The van der Waals surface area contributed by atoms with E-state index in [1.165, 1.54) is 18.9 Å². The maximum atomic E-state index is 13.5. The van der Waals surface area contributed by atoms with E-state index in [1.807, 2.05) is 12.1 Å². The molecule has 0 bridgehead atoms. The number of rotatable bonds is 10. The van der Waals surface area contributed by atoms with E-state index in [0.717, 1.165) is 5.56 Å². The number of carbonyl (C=O) groups is 1. The van der Waals surface area contributed by atoms with Crippen molar-refractivity contribution in [3.8, 4) is 17.2 Å². The van der Waals surface area contributed by atoms with E-state index in [2.05, 4.69) is 5.32 Å². The normalized spacial score (nSPS) is 10.8. The summed E-state index contributed by atoms with van der Waals surface area (Å²) in [6.07, 6.45) is 0.236. The molecule has 0 fully saturated rings. The first-order valence-electron chi connectivity index (χ1n) is 11.4. The van der Waals surface area contributed by atoms with Crippen LogP contribution in [-0.2, 0) is 11.3 Å². The molecule has 0 aliphatic rings. The standard InChI is InChI=1S/C27H26ClN3O5S/c1-34-22-14-17(15-23(35-2)25(22)36-3)16-31-26(33)20-6-4-5-7-21(20)30-27(31)37-13-12-24(32)29-19-10-8-18(28)9-11-19/h4-11,14-15H,12-13,16H2,1-3H3,(H,29,32). The monoisotopic (exact) mass is 539 g/mol. The van der Waals surface area contributed by atoms with Crippen molar-refractivity contribution < 1.29 is 19.0 Å². The molecule has 0 aliphatic carbocycles. The van der Waals surface area contributed by atoms with Crippen LogP contribution >= 0.6 is 23.4 Å². The van der Waals surface area contributed by atoms with Gasteiger partial charge in [-0.3, -0.25) is 14.2 Å². The van der Waals surface area contributed by atoms with Gasteiger partial charge in [0.2, 0.25) is 11.7 Å². The van der Waals surface area contributed by atoms with Gasteiger partial charge in [0, 0.05) is 22.9 Å². The number of anilines is 1. The maximum Gasteiger partial charge on any atom is 0.262 e. The summed E-state index contributed by atoms with van der Waals surface area (Å²) in [7, 11) is 4.62. The number of ether oxygens (including phenoxy) is 3. The molecule has 1 heterocycles. The number of methoxy groups -OCH3 is 3. The molecule has 0 saturated heterocycles. The van der Waals surface area contributed by atoms with E-state index < -0.39 is 0 Å². The largest absolute Gasteiger partial charge is 0.493 e. The molecule has 0 spiro atoms. The molecule has 192 valence electrons. The fraction of sp³-hybridized carbons (Fsp3) is 0.222. The molecule has 3 aromatic carbocycles. The predicted octanol–water partition coefficient (Wildman–Crippen LogP) is 5.24. The SMILES string of the molecule is COc1cc(Cn2c(SCCC(=O)Nc3ccc(Cl)cc3)nc3ccccc3c2=O)cc(OC)c1OC. The molecule has 4 rings (SSSR count). The van der Waals surface area contributed by atoms with E-state index in [-0.39, 0.29) is 24.4 Å². The van der Waals surface area contributed by atoms with Gasteiger partial charge in [-0.1, -0.05) is 35.5 Å². The number of para-hydroxylation sites is 1. The summed E-state index contributed by atoms with van der Waals surface area (Å²) in [5.41, 5.74) is 1.87. The number of nitrogens with one attached hydrogen (secondary N) is 1. The topological polar surface area (TPSA) is 91.7 Å². The molecule has 1 N–H and O–H groups in total. The molecule has 1 amide bonds. The second-order valence-electron chi connectivity index (χ2n) is 7.99. The zero-order valence-corrected chi connectivity index (χ0v) is 22.2. The van der Waals surface area contributed by atoms with Crippen LogP contribution in [0.1, 0.15) is 12.0 Å². The molecule has 37 heavy (non-hydrogen) atoms. The van der Waals surface area contributed by atoms with E-state index in [4.69, 9.17) is 30.8 Å². The van der Waals surface area contributed by atoms with Crippen molar-refractivity contribution in [2.75, 3.05) is 32.4 Å². The highest BCUT2D eigenvalue weighted by molar-refractivity contribution is 7.99. The third-order valence-electron chi connectivity index (χ3n) is 5.58. The molecule has 0 atom stereocenters. The average Bonchev–Trinajstić information content (AvgIpc) is 2.91. The van der Waals surface area contributed by atoms with Gasteiger partial charge >= 0.3 is 0 Å². The minimum Gasteiger partial charge on any atom is -0.493 e. The van der Waals surface area contributed by atoms with Crippen molar-refractivity contribution in [3.63, 3.8) is 0 Å². The number of hydrogen-bond donors (Lipinski definition) is 1. The summed E-state index contributed by atoms with van der Waals surface area (Å²) in [6.45, 7) is 0.229. The van der Waals surface area contributed by atoms with Gasteiger partial charge in [0.25, 0.3) is 5.56 Å². The molecule has 1 aromatic heterocycles. The number of carbonyl (C=O) groups excluding carboxylic acids is 1. The van der Waals surface area contributed by atoms with Crippen molar-refractivity contribution in [2.45, 2.75) is 18.1 Å². The predicted molar refractivity (Wildman–Crippen MR) is 147 cm³/mol. The molecule has 0 aliphatic heterocycles. The Hall–Kier alpha value is -3.69. The van der Waals surface area contributed by atoms with Gasteiger partial charge in [0.15, 0.2) is 16.7 Å². The first-order valence-corrected chi connectivity index (χ1v) is 12.8. The lowest BCUT2D eigenvalue weighted by molar-refractivity contribution is -0.115. The van der Waals surface area contributed by atoms with Crippen LogP contribution < -0.4 is 25.1 Å². The molecular weight excluding hydrogens is 514 g/mol. The van der Waals surface area contributed by atoms with E-state index >= 15 is 0 Å². The summed E-state index contributed by atoms with van der Waals surface area (Å²) in [6, 6.07) is 17.7. The van der Waals surface area contributed by atoms with Crippen molar-refractivity contribution in [3.05, 3.63) is 81.6 Å². The van der Waals surface area contributed by atoms with Crippen LogP contribution in [-0.4, -0.2) is 42.5 Å². The second-order valence-corrected chi connectivity index (χ2v) is 9.49. The maximum absolute atomic E-state index is 13.5. The number of amides is 1. The average molecular weight is 540 g/mol. The number of nitrogens with zero attached hydrogens (tertiary/aromatic N) is 2. The van der Waals surface area contributed by atoms with Gasteiger partial charge in [-0.2, -0.15) is 0 Å². The highest BCUT2D eigenvalue weighted by Gasteiger charge is 2.17. The zero-order chi connectivity index (χ0) is 26.4. The van der Waals surface area contributed by atoms with Crippen LogP contribution in [0, 0.1) is 0 Å². The van der Waals surface area contributed by atoms with Crippen molar-refractivity contribution in [1.82, 2.24) is 9.55 Å². The summed E-state index contributed by atoms with van der Waals surface area (Å²) < 4.78 is 18.0. The van der Waals surface area contributed by atoms with Crippen molar-refractivity contribution >= 4 is 45.9 Å². The van der Waals surface area contributed by atoms with E-state index in [9.17, 15) is 9.59 Å². The minimum absolute atomic E-state index is 0.144. The third-order valence-corrected chi connectivity index (χ3v) is 6.81. The van der Waals surface area contributed by atoms with Crippen LogP contribution in [0.15, 0.2) is 70.6 Å². The van der Waals surface area contributed by atoms with Crippen LogP contribution in [0.2, 0.25) is 5.02 Å². The Morgan fingerprint density at radius 2 is 1.68 bits per heavy atom. The van der Waals surface area contributed by atoms with Gasteiger partial charge in [0.1, 0.15) is 0 Å². The van der Waals surface area contributed by atoms with E-state index in [1.54, 1.807) is 67.3 Å². The highest BCUT2D eigenvalue weighted by Crippen LogP contribution is 2.38. The van der Waals surface area contributed by atoms with Gasteiger partial charge in [-0.25, -0.2) is 4.98 Å². The number of fused-ring (bicyclic) bond motifs is 1. The number of hydrogen-bond acceptors (Lipinski definition) is 7. The van der Waals surface area contributed by atoms with Gasteiger partial charge in [0.05, 0.1) is 38.8 Å². The lowest BCUT2D eigenvalue weighted by atomic mass is 10.1. The zero-order valence-electron chi connectivity index (χ0n) is 20.6. The van der Waals surface area contributed by atoms with Crippen LogP contribution in [0.5, 0.6) is 17.2 Å². The summed E-state index contributed by atoms with van der Waals surface area (Å²) >= 11 is 7.25. The third kappa shape index (κ3) is 6.18. The lowest BCUT2D eigenvalue weighted by Crippen LogP contribution is -2.24. The smallest absolute Gasteiger partial charge is 0.262 e. The Morgan fingerprint density at radius 3 is 2.32 bits per heavy atom. The molecular formula is C27H26ClN3O5S. The quantitative estimate of drug-likeness (QED) is 0.217. The fourth-order valence-corrected chi connectivity index (χ4v) is 4.86. The van der Waals surface area contributed by atoms with Gasteiger partial charge in [-0.05, 0) is 54.1 Å². The molecule has 0 radical (unpaired) electrons.